The van der Waals surface area contributed by atoms with Gasteiger partial charge >= 0.3 is 0 Å². The molecule has 0 saturated carbocycles. The highest BCUT2D eigenvalue weighted by atomic mass is 17.0. The summed E-state index contributed by atoms with van der Waals surface area (Å²) < 4.78 is 64.6. The number of rotatable bonds is 5. The van der Waals surface area contributed by atoms with Crippen LogP contribution in [0.2, 0.25) is 0 Å². The van der Waals surface area contributed by atoms with Crippen LogP contribution in [0.5, 0.6) is 5.75 Å². The van der Waals surface area contributed by atoms with Crippen LogP contribution in [0.4, 0.5) is 11.4 Å². The molecule has 0 unspecified atom stereocenters. The number of anilines is 2. The zero-order valence-electron chi connectivity index (χ0n) is 49.2. The van der Waals surface area contributed by atoms with Gasteiger partial charge in [0.25, 0.3) is 0 Å². The van der Waals surface area contributed by atoms with Crippen LogP contribution >= 0.6 is 0 Å². The van der Waals surface area contributed by atoms with E-state index >= 15 is 9.59 Å². The number of fused-ring (bicyclic) bond motifs is 3. The predicted octanol–water partition coefficient (Wildman–Crippen LogP) is 13.3. The summed E-state index contributed by atoms with van der Waals surface area (Å²) in [4.78, 5) is 31.1. The number of amides is 2. The van der Waals surface area contributed by atoms with E-state index in [0.717, 1.165) is 22.3 Å². The van der Waals surface area contributed by atoms with E-state index in [2.05, 4.69) is 177 Å². The molecular weight excluding hydrogens is 925 g/mol. The van der Waals surface area contributed by atoms with E-state index in [1.807, 2.05) is 30.3 Å². The van der Waals surface area contributed by atoms with Gasteiger partial charge in [0.2, 0.25) is 11.8 Å². The maximum atomic E-state index is 15.6. The summed E-state index contributed by atoms with van der Waals surface area (Å²) in [5, 5.41) is 6.62. The standard InChI is InChI=1S/C60H90N2O11/c1-45(2,3)53-32-54(46(4,5)6)68-57(66-53,49(13,14)15)41(58(67-53,69-54)50(16,17)18)43(63)61-36-26-27-37-34(29-36)28-35-30-40(65-25)39(31-38(35)37)62-44(64)42-59(51(19,20)21)70-55(47(7,8)9)33-56(72-59,48(10,11)12)73-60(42,71-55)52(22,23)24/h26-27,29-31,41-42H,28,32-33H2,1-25H3,(H,61,63)(H,62,64). The van der Waals surface area contributed by atoms with Crippen LogP contribution in [0, 0.1) is 55.2 Å². The second-order valence-electron chi connectivity index (χ2n) is 31.0. The Morgan fingerprint density at radius 1 is 0.438 bits per heavy atom. The summed E-state index contributed by atoms with van der Waals surface area (Å²) in [6, 6.07) is 9.92. The van der Waals surface area contributed by atoms with Gasteiger partial charge in [-0.05, 0) is 52.9 Å². The van der Waals surface area contributed by atoms with Crippen LogP contribution in [0.25, 0.3) is 11.1 Å². The van der Waals surface area contributed by atoms with Crippen molar-refractivity contribution in [2.45, 2.75) is 232 Å². The van der Waals surface area contributed by atoms with Crippen molar-refractivity contribution in [2.24, 2.45) is 55.2 Å². The average Bonchev–Trinajstić information content (AvgIpc) is 3.53. The highest BCUT2D eigenvalue weighted by Crippen LogP contribution is 2.75. The zero-order chi connectivity index (χ0) is 54.8. The van der Waals surface area contributed by atoms with Crippen LogP contribution in [0.1, 0.15) is 190 Å². The SMILES string of the molecule is COc1cc2c(cc1NC(=O)C1C3(C(C)(C)C)OC4(C(C)(C)C)CC(C(C)(C)C)(O3)OC1(C(C)(C)C)O4)-c1ccc(NC(=O)C3C4(C(C)(C)C)OC5(C(C)(C)C)CC(C(C)(C)C)(O4)OC3(C(C)(C)C)O5)cc1C2. The predicted molar refractivity (Wildman–Crippen MR) is 281 cm³/mol. The minimum absolute atomic E-state index is 0.326. The van der Waals surface area contributed by atoms with Crippen molar-refractivity contribution in [1.29, 1.82) is 0 Å². The van der Waals surface area contributed by atoms with E-state index in [-0.39, 0.29) is 11.8 Å². The molecule has 13 nitrogen and oxygen atoms in total. The fraction of sp³-hybridized carbons (Fsp3) is 0.767. The van der Waals surface area contributed by atoms with Gasteiger partial charge in [0.05, 0.1) is 25.6 Å². The molecule has 9 aliphatic rings. The first-order valence-corrected chi connectivity index (χ1v) is 26.8. The first kappa shape index (κ1) is 54.6. The minimum atomic E-state index is -1.48. The third-order valence-corrected chi connectivity index (χ3v) is 18.0. The van der Waals surface area contributed by atoms with E-state index in [1.165, 1.54) is 0 Å². The molecule has 0 radical (unpaired) electrons. The zero-order valence-corrected chi connectivity index (χ0v) is 49.2. The molecule has 406 valence electrons. The number of benzene rings is 2. The molecule has 2 aromatic carbocycles. The maximum Gasteiger partial charge on any atom is 0.238 e. The number of ether oxygens (including phenoxy) is 9. The van der Waals surface area contributed by atoms with Gasteiger partial charge in [0, 0.05) is 49.0 Å². The molecule has 1 aliphatic carbocycles. The molecular formula is C60H90N2O11. The summed E-state index contributed by atoms with van der Waals surface area (Å²) >= 11 is 0. The Morgan fingerprint density at radius 2 is 0.753 bits per heavy atom. The number of hydrogen-bond donors (Lipinski definition) is 2. The molecule has 8 saturated heterocycles. The molecule has 0 atom stereocenters. The monoisotopic (exact) mass is 1010 g/mol. The number of hydrogen-bond acceptors (Lipinski definition) is 11. The van der Waals surface area contributed by atoms with E-state index in [0.29, 0.717) is 36.4 Å². The van der Waals surface area contributed by atoms with Crippen LogP contribution in [0.15, 0.2) is 30.3 Å². The molecule has 73 heavy (non-hydrogen) atoms. The van der Waals surface area contributed by atoms with Gasteiger partial charge in [-0.15, -0.1) is 0 Å². The number of carbonyl (C=O) groups excluding carboxylic acids is 2. The van der Waals surface area contributed by atoms with E-state index in [9.17, 15) is 0 Å². The molecule has 8 bridgehead atoms. The fourth-order valence-corrected chi connectivity index (χ4v) is 12.9. The van der Waals surface area contributed by atoms with Crippen LogP contribution in [0.3, 0.4) is 0 Å². The third-order valence-electron chi connectivity index (χ3n) is 18.0. The largest absolute Gasteiger partial charge is 0.495 e. The van der Waals surface area contributed by atoms with E-state index in [4.69, 9.17) is 42.6 Å². The summed E-state index contributed by atoms with van der Waals surface area (Å²) in [6.07, 6.45) is 1.24. The van der Waals surface area contributed by atoms with Crippen LogP contribution in [-0.2, 0) is 53.9 Å². The van der Waals surface area contributed by atoms with E-state index in [1.54, 1.807) is 7.11 Å². The van der Waals surface area contributed by atoms with Crippen LogP contribution < -0.4 is 15.4 Å². The molecule has 11 rings (SSSR count). The molecule has 2 aromatic rings. The normalized spacial score (nSPS) is 37.1. The number of nitrogens with one attached hydrogen (secondary N) is 2. The van der Waals surface area contributed by atoms with Gasteiger partial charge < -0.3 is 53.3 Å². The van der Waals surface area contributed by atoms with Gasteiger partial charge in [0.15, 0.2) is 46.3 Å². The topological polar surface area (TPSA) is 141 Å². The van der Waals surface area contributed by atoms with Crippen molar-refractivity contribution in [3.8, 4) is 16.9 Å². The maximum absolute atomic E-state index is 15.6. The Bertz CT molecular complexity index is 2490. The van der Waals surface area contributed by atoms with Crippen LogP contribution in [-0.4, -0.2) is 65.2 Å². The van der Waals surface area contributed by atoms with Gasteiger partial charge in [-0.1, -0.05) is 172 Å². The van der Waals surface area contributed by atoms with Crippen molar-refractivity contribution < 1.29 is 52.2 Å². The molecule has 13 heteroatoms. The quantitative estimate of drug-likeness (QED) is 0.252. The highest BCUT2D eigenvalue weighted by molar-refractivity contribution is 5.98. The van der Waals surface area contributed by atoms with Gasteiger partial charge in [-0.3, -0.25) is 9.59 Å². The van der Waals surface area contributed by atoms with Gasteiger partial charge in [-0.25, -0.2) is 0 Å². The van der Waals surface area contributed by atoms with E-state index < -0.39 is 101 Å². The second-order valence-corrected chi connectivity index (χ2v) is 31.0. The minimum Gasteiger partial charge on any atom is -0.495 e. The lowest BCUT2D eigenvalue weighted by atomic mass is 9.59. The van der Waals surface area contributed by atoms with Crippen molar-refractivity contribution in [1.82, 2.24) is 0 Å². The Hall–Kier alpha value is -3.14. The first-order valence-electron chi connectivity index (χ1n) is 26.8. The van der Waals surface area contributed by atoms with Crippen molar-refractivity contribution >= 4 is 23.2 Å². The Labute approximate surface area is 436 Å². The summed E-state index contributed by atoms with van der Waals surface area (Å²) in [6.45, 7) is 50.3. The second kappa shape index (κ2) is 15.1. The van der Waals surface area contributed by atoms with Crippen molar-refractivity contribution in [2.75, 3.05) is 17.7 Å². The lowest BCUT2D eigenvalue weighted by Gasteiger charge is -2.78. The smallest absolute Gasteiger partial charge is 0.238 e. The fourth-order valence-electron chi connectivity index (χ4n) is 12.9. The number of methoxy groups -OCH3 is 1. The summed E-state index contributed by atoms with van der Waals surface area (Å²) in [5.41, 5.74) is 0.0442. The molecule has 2 N–H and O–H groups in total. The van der Waals surface area contributed by atoms with Crippen molar-refractivity contribution in [3.63, 3.8) is 0 Å². The first-order chi connectivity index (χ1) is 32.7. The van der Waals surface area contributed by atoms with Gasteiger partial charge in [-0.2, -0.15) is 0 Å². The third kappa shape index (κ3) is 7.12. The number of carbonyl (C=O) groups is 2. The molecule has 8 aliphatic heterocycles. The molecule has 8 heterocycles. The lowest BCUT2D eigenvalue weighted by Crippen LogP contribution is -2.90. The Morgan fingerprint density at radius 3 is 1.05 bits per heavy atom. The summed E-state index contributed by atoms with van der Waals surface area (Å²) in [5.74, 6) is -12.7. The highest BCUT2D eigenvalue weighted by Gasteiger charge is 2.88. The molecule has 0 aromatic heterocycles. The van der Waals surface area contributed by atoms with Crippen molar-refractivity contribution in [3.05, 3.63) is 41.5 Å². The average molecular weight is 1020 g/mol. The van der Waals surface area contributed by atoms with Gasteiger partial charge in [0.1, 0.15) is 17.6 Å². The molecule has 0 spiro atoms. The Kier molecular flexibility index (Phi) is 11.3. The lowest BCUT2D eigenvalue weighted by molar-refractivity contribution is -0.670. The summed E-state index contributed by atoms with van der Waals surface area (Å²) in [7, 11) is 1.61. The molecule has 8 fully saturated rings. The Balaban J connectivity index is 1.07. The molecule has 2 amide bonds.